The average Bonchev–Trinajstić information content (AvgIpc) is 1.76. The summed E-state index contributed by atoms with van der Waals surface area (Å²) in [7, 11) is 3.68. The summed E-state index contributed by atoms with van der Waals surface area (Å²) in [6.45, 7) is 14.7. The van der Waals surface area contributed by atoms with Crippen LogP contribution in [0.2, 0.25) is 0 Å². The van der Waals surface area contributed by atoms with Crippen LogP contribution in [0.5, 0.6) is 0 Å². The predicted octanol–water partition coefficient (Wildman–Crippen LogP) is 9.81. The van der Waals surface area contributed by atoms with Gasteiger partial charge in [-0.1, -0.05) is 25.0 Å². The lowest BCUT2D eigenvalue weighted by Gasteiger charge is -2.30. The number of benzene rings is 2. The molecule has 3 N–H and O–H groups in total. The lowest BCUT2D eigenvalue weighted by atomic mass is 9.99. The molecule has 0 radical (unpaired) electrons. The first kappa shape index (κ1) is 69.8. The van der Waals surface area contributed by atoms with Gasteiger partial charge in [-0.3, -0.25) is 14.2 Å². The van der Waals surface area contributed by atoms with Gasteiger partial charge in [-0.2, -0.15) is 36.5 Å². The van der Waals surface area contributed by atoms with Crippen molar-refractivity contribution in [2.45, 2.75) is 170 Å². The highest BCUT2D eigenvalue weighted by Crippen LogP contribution is 2.43. The Kier molecular flexibility index (Phi) is 24.9. The molecule has 0 aliphatic carbocycles. The highest BCUT2D eigenvalue weighted by atomic mass is 32.2. The molecule has 2 aromatic carbocycles. The van der Waals surface area contributed by atoms with Crippen LogP contribution < -0.4 is 5.32 Å². The Hall–Kier alpha value is -4.54. The lowest BCUT2D eigenvalue weighted by Crippen LogP contribution is -2.45. The van der Waals surface area contributed by atoms with Crippen molar-refractivity contribution in [2.24, 2.45) is 0 Å². The van der Waals surface area contributed by atoms with E-state index >= 15 is 0 Å². The third kappa shape index (κ3) is 19.3. The summed E-state index contributed by atoms with van der Waals surface area (Å²) in [6, 6.07) is 8.07. The maximum Gasteiger partial charge on any atom is 0.417 e. The van der Waals surface area contributed by atoms with Crippen molar-refractivity contribution >= 4 is 35.5 Å². The SMILES string of the molecule is CC(C)NC(=O)N1CCc2c(c(-c3ccc(C(F)(F)F)c(SCCN4CCC(F)CC4)c3)nn2C[C@@H](O)CN2CCCCC2)C1.CN(C)CC(=O)N1CCc2c(c(-c3ccc(C(F)(F)F)c(SCCN4CCC(F)CC4)c3)nn2CC(O)CN2CCCCC2)C1. The third-order valence-electron chi connectivity index (χ3n) is 17.9. The number of aliphatic hydroxyl groups excluding tert-OH is 2. The van der Waals surface area contributed by atoms with Gasteiger partial charge in [0.2, 0.25) is 5.91 Å². The maximum atomic E-state index is 14.1. The van der Waals surface area contributed by atoms with Gasteiger partial charge in [0.15, 0.2) is 0 Å². The molecule has 500 valence electrons. The van der Waals surface area contributed by atoms with Gasteiger partial charge >= 0.3 is 18.4 Å². The molecule has 26 heteroatoms. The number of nitrogens with one attached hydrogen (secondary N) is 1. The summed E-state index contributed by atoms with van der Waals surface area (Å²) in [4.78, 5) is 40.2. The lowest BCUT2D eigenvalue weighted by molar-refractivity contribution is -0.140. The molecule has 6 aliphatic rings. The number of piperidine rings is 4. The van der Waals surface area contributed by atoms with E-state index in [4.69, 9.17) is 10.2 Å². The molecule has 16 nitrogen and oxygen atoms in total. The van der Waals surface area contributed by atoms with Crippen LogP contribution >= 0.6 is 23.5 Å². The quantitative estimate of drug-likeness (QED) is 0.0539. The standard InChI is InChI=1S/2C32H46F4N6O2S/c1-38(2)22-30(44)41-15-10-28-26(21-41)31(37-42(28)20-25(43)19-40-11-4-3-5-12-40)23-6-7-27(32(34,35)36)29(18-23)45-17-16-39-13-8-24(33)9-14-39;1-22(2)37-31(44)41-15-10-28-26(21-41)30(38-42(28)20-25(43)19-40-11-4-3-5-12-40)23-6-7-27(32(34,35)36)29(18-23)45-17-16-39-13-8-24(33)9-14-39/h6-7,18,24-25,43H,3-5,8-17,19-22H2,1-2H3;6-7,18,22,24-25,43H,3-5,8-17,19-21H2,1-2H3,(H,37,44)/t;25-/m.0/s1. The fraction of sp³-hybridized carbons (Fsp3) is 0.688. The Morgan fingerprint density at radius 1 is 0.589 bits per heavy atom. The average molecular weight is 1310 g/mol. The second-order valence-electron chi connectivity index (χ2n) is 25.7. The largest absolute Gasteiger partial charge is 0.417 e. The van der Waals surface area contributed by atoms with Crippen molar-refractivity contribution in [2.75, 3.05) is 124 Å². The normalized spacial score (nSPS) is 19.6. The van der Waals surface area contributed by atoms with E-state index in [-0.39, 0.29) is 54.0 Å². The topological polar surface area (TPSA) is 145 Å². The highest BCUT2D eigenvalue weighted by Gasteiger charge is 2.38. The van der Waals surface area contributed by atoms with Crippen LogP contribution in [0.15, 0.2) is 46.2 Å². The van der Waals surface area contributed by atoms with Crippen molar-refractivity contribution in [3.63, 3.8) is 0 Å². The first-order chi connectivity index (χ1) is 42.9. The number of aromatic nitrogens is 4. The van der Waals surface area contributed by atoms with E-state index in [2.05, 4.69) is 24.9 Å². The minimum Gasteiger partial charge on any atom is -0.390 e. The summed E-state index contributed by atoms with van der Waals surface area (Å²) >= 11 is 2.31. The fourth-order valence-electron chi connectivity index (χ4n) is 13.1. The molecule has 90 heavy (non-hydrogen) atoms. The van der Waals surface area contributed by atoms with E-state index in [0.29, 0.717) is 145 Å². The number of alkyl halides is 8. The minimum atomic E-state index is -4.52. The van der Waals surface area contributed by atoms with Crippen LogP contribution in [0.25, 0.3) is 22.5 Å². The van der Waals surface area contributed by atoms with E-state index in [1.807, 2.05) is 37.5 Å². The van der Waals surface area contributed by atoms with Gasteiger partial charge < -0.3 is 49.8 Å². The summed E-state index contributed by atoms with van der Waals surface area (Å²) in [5.74, 6) is 0.878. The molecular formula is C64H92F8N12O4S2. The molecule has 0 spiro atoms. The molecule has 1 unspecified atom stereocenters. The number of amides is 3. The van der Waals surface area contributed by atoms with E-state index in [9.17, 15) is 54.9 Å². The van der Waals surface area contributed by atoms with Crippen LogP contribution in [0.1, 0.15) is 112 Å². The number of aliphatic hydroxyl groups is 2. The molecule has 10 rings (SSSR count). The van der Waals surface area contributed by atoms with Gasteiger partial charge in [-0.05, 0) is 130 Å². The number of carbonyl (C=O) groups excluding carboxylic acids is 2. The van der Waals surface area contributed by atoms with Gasteiger partial charge in [0.05, 0.1) is 60.9 Å². The number of likely N-dealkylation sites (tertiary alicyclic amines) is 4. The molecular weight excluding hydrogens is 1220 g/mol. The second kappa shape index (κ2) is 32.1. The second-order valence-corrected chi connectivity index (χ2v) is 27.9. The number of hydrogen-bond acceptors (Lipinski definition) is 13. The van der Waals surface area contributed by atoms with E-state index in [0.717, 1.165) is 110 Å². The zero-order chi connectivity index (χ0) is 64.3. The highest BCUT2D eigenvalue weighted by molar-refractivity contribution is 7.99. The van der Waals surface area contributed by atoms with Gasteiger partial charge in [0.25, 0.3) is 0 Å². The van der Waals surface area contributed by atoms with Crippen molar-refractivity contribution in [3.8, 4) is 22.5 Å². The zero-order valence-corrected chi connectivity index (χ0v) is 54.3. The number of urea groups is 1. The van der Waals surface area contributed by atoms with Crippen LogP contribution in [-0.4, -0.2) is 230 Å². The summed E-state index contributed by atoms with van der Waals surface area (Å²) in [6.07, 6.45) is -2.12. The Bertz CT molecular complexity index is 2780. The number of likely N-dealkylation sites (N-methyl/N-ethyl adjacent to an activating group) is 1. The van der Waals surface area contributed by atoms with Crippen molar-refractivity contribution in [3.05, 3.63) is 70.0 Å². The molecule has 3 amide bonds. The van der Waals surface area contributed by atoms with Crippen molar-refractivity contribution in [1.82, 2.24) is 59.2 Å². The molecule has 6 aliphatic heterocycles. The van der Waals surface area contributed by atoms with Crippen LogP contribution in [0, 0.1) is 0 Å². The Morgan fingerprint density at radius 3 is 1.40 bits per heavy atom. The van der Waals surface area contributed by atoms with E-state index in [1.54, 1.807) is 26.6 Å². The minimum absolute atomic E-state index is 0.0186. The third-order valence-corrected chi connectivity index (χ3v) is 19.9. The number of halogens is 8. The molecule has 0 bridgehead atoms. The van der Waals surface area contributed by atoms with E-state index in [1.165, 1.54) is 25.0 Å². The Labute approximate surface area is 533 Å². The van der Waals surface area contributed by atoms with Gasteiger partial charge in [-0.25, -0.2) is 13.6 Å². The number of thioether (sulfide) groups is 2. The number of nitrogens with zero attached hydrogens (tertiary/aromatic N) is 11. The van der Waals surface area contributed by atoms with Gasteiger partial charge in [0, 0.05) is 146 Å². The van der Waals surface area contributed by atoms with Crippen LogP contribution in [0.4, 0.5) is 39.9 Å². The first-order valence-corrected chi connectivity index (χ1v) is 34.3. The van der Waals surface area contributed by atoms with Crippen LogP contribution in [-0.2, 0) is 56.2 Å². The van der Waals surface area contributed by atoms with Crippen molar-refractivity contribution < 1.29 is 54.9 Å². The Morgan fingerprint density at radius 2 is 1.00 bits per heavy atom. The molecule has 4 aromatic rings. The number of hydrogen-bond donors (Lipinski definition) is 3. The summed E-state index contributed by atoms with van der Waals surface area (Å²) < 4.78 is 115. The molecule has 2 aromatic heterocycles. The first-order valence-electron chi connectivity index (χ1n) is 32.3. The predicted molar refractivity (Wildman–Crippen MR) is 336 cm³/mol. The van der Waals surface area contributed by atoms with Crippen molar-refractivity contribution in [1.29, 1.82) is 0 Å². The number of β-amino-alcohol motifs (C(OH)–C–C–N with tert-alkyl or cyclic N) is 2. The molecule has 4 fully saturated rings. The number of carbonyl (C=O) groups is 2. The summed E-state index contributed by atoms with van der Waals surface area (Å²) in [5.41, 5.74) is 4.27. The molecule has 2 atom stereocenters. The summed E-state index contributed by atoms with van der Waals surface area (Å²) in [5, 5.41) is 34.8. The van der Waals surface area contributed by atoms with E-state index < -0.39 is 48.0 Å². The van der Waals surface area contributed by atoms with Gasteiger partial charge in [-0.15, -0.1) is 23.5 Å². The Balaban J connectivity index is 0.000000213. The number of fused-ring (bicyclic) bond motifs is 2. The monoisotopic (exact) mass is 1310 g/mol. The number of rotatable bonds is 21. The fourth-order valence-corrected chi connectivity index (χ4v) is 15.3. The maximum absolute atomic E-state index is 14.1. The zero-order valence-electron chi connectivity index (χ0n) is 52.7. The molecule has 4 saturated heterocycles. The molecule has 0 saturated carbocycles. The van der Waals surface area contributed by atoms with Gasteiger partial charge in [0.1, 0.15) is 12.3 Å². The molecule has 8 heterocycles. The van der Waals surface area contributed by atoms with Crippen LogP contribution in [0.3, 0.4) is 0 Å². The smallest absolute Gasteiger partial charge is 0.390 e.